The Labute approximate surface area is 236 Å². The summed E-state index contributed by atoms with van der Waals surface area (Å²) >= 11 is 0. The van der Waals surface area contributed by atoms with Crippen LogP contribution >= 0.6 is 0 Å². The molecule has 0 spiro atoms. The molecule has 2 atom stereocenters. The summed E-state index contributed by atoms with van der Waals surface area (Å²) in [6.45, 7) is 1.06. The van der Waals surface area contributed by atoms with Crippen molar-refractivity contribution in [3.63, 3.8) is 0 Å². The third-order valence-electron chi connectivity index (χ3n) is 7.28. The number of esters is 1. The topological polar surface area (TPSA) is 149 Å². The summed E-state index contributed by atoms with van der Waals surface area (Å²) in [5.41, 5.74) is 21.8. The first kappa shape index (κ1) is 28.3. The van der Waals surface area contributed by atoms with E-state index in [9.17, 15) is 18.4 Å². The van der Waals surface area contributed by atoms with Gasteiger partial charge < -0.3 is 26.4 Å². The average molecular weight is 563 g/mol. The smallest absolute Gasteiger partial charge is 0.323 e. The van der Waals surface area contributed by atoms with E-state index in [1.165, 1.54) is 0 Å². The molecule has 0 aliphatic carbocycles. The number of nitrogens with two attached hydrogens (primary N) is 3. The van der Waals surface area contributed by atoms with Crippen LogP contribution in [0.2, 0.25) is 0 Å². The second-order valence-electron chi connectivity index (χ2n) is 10.2. The molecule has 9 nitrogen and oxygen atoms in total. The maximum atomic E-state index is 14.4. The van der Waals surface area contributed by atoms with Crippen LogP contribution in [-0.2, 0) is 34.0 Å². The lowest BCUT2D eigenvalue weighted by Gasteiger charge is -2.26. The van der Waals surface area contributed by atoms with Crippen LogP contribution in [-0.4, -0.2) is 41.4 Å². The van der Waals surface area contributed by atoms with Gasteiger partial charge in [0.1, 0.15) is 18.4 Å². The minimum absolute atomic E-state index is 0.167. The first-order valence-electron chi connectivity index (χ1n) is 13.5. The highest BCUT2D eigenvalue weighted by molar-refractivity contribution is 6.46. The number of anilines is 1. The van der Waals surface area contributed by atoms with E-state index in [0.29, 0.717) is 54.9 Å². The van der Waals surface area contributed by atoms with E-state index in [-0.39, 0.29) is 23.8 Å². The number of nitrogens with one attached hydrogen (secondary N) is 1. The van der Waals surface area contributed by atoms with Crippen molar-refractivity contribution < 1.29 is 23.1 Å². The molecule has 2 aliphatic rings. The van der Waals surface area contributed by atoms with E-state index >= 15 is 0 Å². The fourth-order valence-electron chi connectivity index (χ4n) is 5.09. The van der Waals surface area contributed by atoms with Gasteiger partial charge in [0, 0.05) is 29.9 Å². The standard InChI is InChI=1S/C30H32F2N6O3/c31-23-12-20(16-41-29(40)25(34)7-3-4-10-33)21(13-24(23)32)17-8-9-26-22(11-17)27(37-30(35)36-26)28(39)38-14-18-5-1-2-6-19(18)15-38/h1-2,5-6,8-9,11-13,25,30,36H,3-4,7,10,14-16,33-35H2. The molecular formula is C30H32F2N6O3. The molecule has 2 heterocycles. The molecule has 0 bridgehead atoms. The molecule has 7 N–H and O–H groups in total. The number of amides is 1. The van der Waals surface area contributed by atoms with Gasteiger partial charge in [0.25, 0.3) is 5.91 Å². The van der Waals surface area contributed by atoms with Crippen LogP contribution in [0.5, 0.6) is 0 Å². The number of hydrogen-bond acceptors (Lipinski definition) is 8. The van der Waals surface area contributed by atoms with Crippen LogP contribution in [0.3, 0.4) is 0 Å². The van der Waals surface area contributed by atoms with E-state index in [4.69, 9.17) is 21.9 Å². The van der Waals surface area contributed by atoms with E-state index in [1.807, 2.05) is 24.3 Å². The number of unbranched alkanes of at least 4 members (excludes halogenated alkanes) is 1. The van der Waals surface area contributed by atoms with Crippen molar-refractivity contribution in [3.8, 4) is 11.1 Å². The van der Waals surface area contributed by atoms with Crippen molar-refractivity contribution in [3.05, 3.63) is 88.5 Å². The largest absolute Gasteiger partial charge is 0.460 e. The zero-order valence-corrected chi connectivity index (χ0v) is 22.4. The number of ether oxygens (including phenoxy) is 1. The van der Waals surface area contributed by atoms with Crippen molar-refractivity contribution in [2.24, 2.45) is 22.2 Å². The molecule has 3 aromatic rings. The van der Waals surface area contributed by atoms with Gasteiger partial charge in [-0.25, -0.2) is 13.8 Å². The third kappa shape index (κ3) is 6.12. The number of nitrogens with zero attached hydrogens (tertiary/aromatic N) is 2. The Morgan fingerprint density at radius 1 is 1.02 bits per heavy atom. The van der Waals surface area contributed by atoms with Gasteiger partial charge in [-0.05, 0) is 65.9 Å². The van der Waals surface area contributed by atoms with Crippen molar-refractivity contribution in [2.45, 2.75) is 51.3 Å². The SMILES string of the molecule is NCCCCC(N)C(=O)OCc1cc(F)c(F)cc1-c1ccc2c(c1)C(C(=O)N1Cc3ccccc3C1)=NC(N)N2. The van der Waals surface area contributed by atoms with E-state index < -0.39 is 29.9 Å². The van der Waals surface area contributed by atoms with Crippen LogP contribution < -0.4 is 22.5 Å². The van der Waals surface area contributed by atoms with Gasteiger partial charge in [0.2, 0.25) is 0 Å². The quantitative estimate of drug-likeness (QED) is 0.231. The number of rotatable bonds is 9. The summed E-state index contributed by atoms with van der Waals surface area (Å²) in [5.74, 6) is -3.08. The zero-order valence-electron chi connectivity index (χ0n) is 22.4. The van der Waals surface area contributed by atoms with Gasteiger partial charge in [-0.1, -0.05) is 36.8 Å². The van der Waals surface area contributed by atoms with Gasteiger partial charge in [0.15, 0.2) is 17.9 Å². The summed E-state index contributed by atoms with van der Waals surface area (Å²) < 4.78 is 34.1. The molecule has 214 valence electrons. The lowest BCUT2D eigenvalue weighted by molar-refractivity contribution is -0.146. The molecule has 41 heavy (non-hydrogen) atoms. The van der Waals surface area contributed by atoms with Gasteiger partial charge in [-0.2, -0.15) is 0 Å². The Morgan fingerprint density at radius 3 is 2.44 bits per heavy atom. The number of hydrogen-bond donors (Lipinski definition) is 4. The first-order valence-corrected chi connectivity index (χ1v) is 13.5. The number of carbonyl (C=O) groups is 2. The zero-order chi connectivity index (χ0) is 29.1. The second kappa shape index (κ2) is 12.1. The van der Waals surface area contributed by atoms with Crippen molar-refractivity contribution in [2.75, 3.05) is 11.9 Å². The summed E-state index contributed by atoms with van der Waals surface area (Å²) in [6.07, 6.45) is 0.968. The highest BCUT2D eigenvalue weighted by Gasteiger charge is 2.31. The fraction of sp³-hybridized carbons (Fsp3) is 0.300. The Balaban J connectivity index is 1.42. The molecule has 0 radical (unpaired) electrons. The Kier molecular flexibility index (Phi) is 8.39. The Bertz CT molecular complexity index is 1490. The van der Waals surface area contributed by atoms with Crippen LogP contribution in [0.1, 0.15) is 41.5 Å². The molecule has 2 aliphatic heterocycles. The predicted molar refractivity (Wildman–Crippen MR) is 151 cm³/mol. The van der Waals surface area contributed by atoms with Crippen molar-refractivity contribution in [1.82, 2.24) is 4.90 Å². The third-order valence-corrected chi connectivity index (χ3v) is 7.28. The molecule has 0 saturated carbocycles. The second-order valence-corrected chi connectivity index (χ2v) is 10.2. The number of aliphatic imine (C=N–C) groups is 1. The van der Waals surface area contributed by atoms with Crippen molar-refractivity contribution >= 4 is 23.3 Å². The summed E-state index contributed by atoms with van der Waals surface area (Å²) in [4.78, 5) is 32.2. The van der Waals surface area contributed by atoms with Gasteiger partial charge in [0.05, 0.1) is 0 Å². The highest BCUT2D eigenvalue weighted by atomic mass is 19.2. The number of fused-ring (bicyclic) bond motifs is 2. The van der Waals surface area contributed by atoms with E-state index in [2.05, 4.69) is 10.3 Å². The Morgan fingerprint density at radius 2 is 1.73 bits per heavy atom. The van der Waals surface area contributed by atoms with Crippen LogP contribution in [0.25, 0.3) is 11.1 Å². The number of carbonyl (C=O) groups excluding carboxylic acids is 2. The van der Waals surface area contributed by atoms with Gasteiger partial charge in [-0.15, -0.1) is 0 Å². The molecule has 2 unspecified atom stereocenters. The summed E-state index contributed by atoms with van der Waals surface area (Å²) in [5, 5.41) is 3.03. The highest BCUT2D eigenvalue weighted by Crippen LogP contribution is 2.33. The molecule has 0 saturated heterocycles. The molecule has 0 aromatic heterocycles. The van der Waals surface area contributed by atoms with E-state index in [1.54, 1.807) is 23.1 Å². The van der Waals surface area contributed by atoms with Crippen molar-refractivity contribution in [1.29, 1.82) is 0 Å². The van der Waals surface area contributed by atoms with Gasteiger partial charge in [-0.3, -0.25) is 15.3 Å². The van der Waals surface area contributed by atoms with Gasteiger partial charge >= 0.3 is 5.97 Å². The van der Waals surface area contributed by atoms with E-state index in [0.717, 1.165) is 29.7 Å². The molecule has 11 heteroatoms. The average Bonchev–Trinajstić information content (AvgIpc) is 3.41. The monoisotopic (exact) mass is 562 g/mol. The predicted octanol–water partition coefficient (Wildman–Crippen LogP) is 3.13. The molecule has 3 aromatic carbocycles. The first-order chi connectivity index (χ1) is 19.7. The summed E-state index contributed by atoms with van der Waals surface area (Å²) in [7, 11) is 0. The molecule has 1 amide bonds. The maximum absolute atomic E-state index is 14.4. The minimum Gasteiger partial charge on any atom is -0.460 e. The number of halogens is 2. The number of benzene rings is 3. The summed E-state index contributed by atoms with van der Waals surface area (Å²) in [6, 6.07) is 14.1. The molecule has 0 fully saturated rings. The maximum Gasteiger partial charge on any atom is 0.323 e. The normalized spacial score (nSPS) is 16.4. The van der Waals surface area contributed by atoms with Crippen LogP contribution in [0, 0.1) is 11.6 Å². The molecular weight excluding hydrogens is 530 g/mol. The van der Waals surface area contributed by atoms with Crippen LogP contribution in [0.15, 0.2) is 59.6 Å². The lowest BCUT2D eigenvalue weighted by atomic mass is 9.94. The fourth-order valence-corrected chi connectivity index (χ4v) is 5.09. The Hall–Kier alpha value is -4.19. The molecule has 5 rings (SSSR count). The van der Waals surface area contributed by atoms with Crippen LogP contribution in [0.4, 0.5) is 14.5 Å². The lowest BCUT2D eigenvalue weighted by Crippen LogP contribution is -2.40. The minimum atomic E-state index is -1.08.